The number of fused-ring (bicyclic) bond motifs is 1. The van der Waals surface area contributed by atoms with Gasteiger partial charge in [0.25, 0.3) is 5.91 Å². The van der Waals surface area contributed by atoms with Gasteiger partial charge in [-0.3, -0.25) is 4.79 Å². The van der Waals surface area contributed by atoms with E-state index in [0.29, 0.717) is 55.9 Å². The lowest BCUT2D eigenvalue weighted by Crippen LogP contribution is -2.19. The Morgan fingerprint density at radius 1 is 0.977 bits per heavy atom. The van der Waals surface area contributed by atoms with E-state index in [4.69, 9.17) is 37.4 Å². The quantitative estimate of drug-likeness (QED) is 0.0706. The Hall–Kier alpha value is -4.31. The largest absolute Gasteiger partial charge is 0.497 e. The van der Waals surface area contributed by atoms with Gasteiger partial charge in [-0.1, -0.05) is 57.3 Å². The third kappa shape index (κ3) is 6.69. The maximum Gasteiger partial charge on any atom is 0.343 e. The number of rotatable bonds is 9. The van der Waals surface area contributed by atoms with Crippen LogP contribution in [-0.2, 0) is 0 Å². The van der Waals surface area contributed by atoms with Crippen LogP contribution in [0.3, 0.4) is 0 Å². The average molecular weight is 681 g/mol. The first-order valence-electron chi connectivity index (χ1n) is 13.0. The number of amides is 1. The normalized spacial score (nSPS) is 11.1. The van der Waals surface area contributed by atoms with Gasteiger partial charge in [0.2, 0.25) is 0 Å². The summed E-state index contributed by atoms with van der Waals surface area (Å²) in [4.78, 5) is 29.2. The minimum atomic E-state index is -0.544. The van der Waals surface area contributed by atoms with Crippen molar-refractivity contribution >= 4 is 68.1 Å². The number of hydrogen-bond acceptors (Lipinski definition) is 6. The highest BCUT2D eigenvalue weighted by atomic mass is 79.9. The number of H-pyrrole nitrogens is 1. The SMILES string of the molecule is CCOc1cc(C=NNC(=O)c2[nH]c3c(Cl)cc(Br)cc3c2-c2ccccc2Cl)ccc1OC(=O)c1ccc(OC)cc1. The van der Waals surface area contributed by atoms with Crippen LogP contribution in [0.4, 0.5) is 0 Å². The summed E-state index contributed by atoms with van der Waals surface area (Å²) in [6, 6.07) is 22.4. The zero-order valence-electron chi connectivity index (χ0n) is 22.9. The highest BCUT2D eigenvalue weighted by Crippen LogP contribution is 2.40. The summed E-state index contributed by atoms with van der Waals surface area (Å²) in [6.45, 7) is 2.16. The van der Waals surface area contributed by atoms with Gasteiger partial charge in [0, 0.05) is 26.0 Å². The number of methoxy groups -OCH3 is 1. The molecule has 0 saturated carbocycles. The van der Waals surface area contributed by atoms with Crippen molar-refractivity contribution in [2.24, 2.45) is 5.10 Å². The average Bonchev–Trinajstić information content (AvgIpc) is 3.38. The molecule has 218 valence electrons. The van der Waals surface area contributed by atoms with E-state index in [9.17, 15) is 9.59 Å². The highest BCUT2D eigenvalue weighted by molar-refractivity contribution is 9.10. The Kier molecular flexibility index (Phi) is 9.35. The van der Waals surface area contributed by atoms with Crippen LogP contribution in [-0.4, -0.2) is 36.8 Å². The summed E-state index contributed by atoms with van der Waals surface area (Å²) in [5, 5.41) is 5.79. The molecule has 2 N–H and O–H groups in total. The molecule has 0 radical (unpaired) electrons. The number of nitrogens with one attached hydrogen (secondary N) is 2. The minimum Gasteiger partial charge on any atom is -0.497 e. The number of hydrogen-bond donors (Lipinski definition) is 2. The van der Waals surface area contributed by atoms with Crippen molar-refractivity contribution in [3.05, 3.63) is 110 Å². The Balaban J connectivity index is 1.38. The molecule has 0 fully saturated rings. The number of aromatic amines is 1. The Bertz CT molecular complexity index is 1850. The van der Waals surface area contributed by atoms with E-state index in [1.165, 1.54) is 6.21 Å². The lowest BCUT2D eigenvalue weighted by molar-refractivity contribution is 0.0728. The summed E-state index contributed by atoms with van der Waals surface area (Å²) in [5.41, 5.74) is 5.63. The second-order valence-corrected chi connectivity index (χ2v) is 10.9. The molecule has 1 amide bonds. The standard InChI is InChI=1S/C32H24BrCl2N3O5/c1-3-42-27-14-18(8-13-26(27)43-32(40)19-9-11-21(41-2)12-10-19)17-36-38-31(39)30-28(22-6-4-5-7-24(22)34)23-15-20(33)16-25(35)29(23)37-30/h4-17,37H,3H2,1-2H3,(H,38,39). The fourth-order valence-corrected chi connectivity index (χ4v) is 5.49. The maximum atomic E-state index is 13.4. The first-order valence-corrected chi connectivity index (χ1v) is 14.6. The van der Waals surface area contributed by atoms with Crippen molar-refractivity contribution in [1.29, 1.82) is 0 Å². The third-order valence-electron chi connectivity index (χ3n) is 6.37. The topological polar surface area (TPSA) is 102 Å². The molecule has 5 aromatic rings. The van der Waals surface area contributed by atoms with Gasteiger partial charge in [-0.2, -0.15) is 5.10 Å². The monoisotopic (exact) mass is 679 g/mol. The van der Waals surface area contributed by atoms with Crippen molar-refractivity contribution in [2.75, 3.05) is 13.7 Å². The van der Waals surface area contributed by atoms with Gasteiger partial charge in [0.15, 0.2) is 11.5 Å². The molecule has 0 aliphatic rings. The molecule has 0 spiro atoms. The Labute approximate surface area is 265 Å². The van der Waals surface area contributed by atoms with Gasteiger partial charge in [-0.25, -0.2) is 10.2 Å². The van der Waals surface area contributed by atoms with Crippen LogP contribution in [0.15, 0.2) is 88.4 Å². The van der Waals surface area contributed by atoms with Crippen molar-refractivity contribution < 1.29 is 23.8 Å². The van der Waals surface area contributed by atoms with Crippen LogP contribution < -0.4 is 19.6 Å². The van der Waals surface area contributed by atoms with Crippen molar-refractivity contribution in [3.8, 4) is 28.4 Å². The molecule has 0 unspecified atom stereocenters. The molecule has 8 nitrogen and oxygen atoms in total. The maximum absolute atomic E-state index is 13.4. The fraction of sp³-hybridized carbons (Fsp3) is 0.0938. The molecule has 11 heteroatoms. The molecular formula is C32H24BrCl2N3O5. The van der Waals surface area contributed by atoms with Crippen LogP contribution in [0.1, 0.15) is 33.3 Å². The lowest BCUT2D eigenvalue weighted by atomic mass is 10.0. The number of ether oxygens (including phenoxy) is 3. The van der Waals surface area contributed by atoms with Crippen LogP contribution in [0.2, 0.25) is 10.0 Å². The van der Waals surface area contributed by atoms with Crippen LogP contribution in [0.5, 0.6) is 17.2 Å². The van der Waals surface area contributed by atoms with Crippen molar-refractivity contribution in [1.82, 2.24) is 10.4 Å². The summed E-state index contributed by atoms with van der Waals surface area (Å²) < 4.78 is 17.2. The van der Waals surface area contributed by atoms with Gasteiger partial charge < -0.3 is 19.2 Å². The Morgan fingerprint density at radius 3 is 2.47 bits per heavy atom. The van der Waals surface area contributed by atoms with E-state index in [1.807, 2.05) is 31.2 Å². The predicted octanol–water partition coefficient (Wildman–Crippen LogP) is 8.29. The number of benzene rings is 4. The molecule has 1 aromatic heterocycles. The zero-order chi connectivity index (χ0) is 30.5. The number of halogens is 3. The molecule has 1 heterocycles. The third-order valence-corrected chi connectivity index (χ3v) is 7.46. The van der Waals surface area contributed by atoms with Crippen molar-refractivity contribution in [2.45, 2.75) is 6.92 Å². The summed E-state index contributed by atoms with van der Waals surface area (Å²) in [5.74, 6) is 0.177. The molecule has 5 rings (SSSR count). The summed E-state index contributed by atoms with van der Waals surface area (Å²) >= 11 is 16.5. The second kappa shape index (κ2) is 13.3. The molecule has 0 saturated heterocycles. The van der Waals surface area contributed by atoms with E-state index in [-0.39, 0.29) is 11.4 Å². The number of carbonyl (C=O) groups is 2. The van der Waals surface area contributed by atoms with Gasteiger partial charge in [0.05, 0.1) is 36.0 Å². The summed E-state index contributed by atoms with van der Waals surface area (Å²) in [7, 11) is 1.55. The van der Waals surface area contributed by atoms with Gasteiger partial charge in [-0.15, -0.1) is 0 Å². The van der Waals surface area contributed by atoms with E-state index in [0.717, 1.165) is 9.86 Å². The molecule has 0 atom stereocenters. The molecule has 0 aliphatic heterocycles. The number of hydrazone groups is 1. The van der Waals surface area contributed by atoms with E-state index in [2.05, 4.69) is 31.4 Å². The van der Waals surface area contributed by atoms with E-state index in [1.54, 1.807) is 61.7 Å². The van der Waals surface area contributed by atoms with Crippen LogP contribution in [0.25, 0.3) is 22.0 Å². The van der Waals surface area contributed by atoms with Crippen molar-refractivity contribution in [3.63, 3.8) is 0 Å². The lowest BCUT2D eigenvalue weighted by Gasteiger charge is -2.11. The highest BCUT2D eigenvalue weighted by Gasteiger charge is 2.22. The fourth-order valence-electron chi connectivity index (χ4n) is 4.40. The van der Waals surface area contributed by atoms with Crippen LogP contribution in [0, 0.1) is 0 Å². The first-order chi connectivity index (χ1) is 20.8. The van der Waals surface area contributed by atoms with E-state index >= 15 is 0 Å². The number of aromatic nitrogens is 1. The number of nitrogens with zero attached hydrogens (tertiary/aromatic N) is 1. The van der Waals surface area contributed by atoms with Gasteiger partial charge in [0.1, 0.15) is 11.4 Å². The molecule has 43 heavy (non-hydrogen) atoms. The second-order valence-electron chi connectivity index (χ2n) is 9.12. The first kappa shape index (κ1) is 30.2. The minimum absolute atomic E-state index is 0.245. The van der Waals surface area contributed by atoms with E-state index < -0.39 is 11.9 Å². The van der Waals surface area contributed by atoms with Crippen LogP contribution >= 0.6 is 39.1 Å². The predicted molar refractivity (Wildman–Crippen MR) is 172 cm³/mol. The smallest absolute Gasteiger partial charge is 0.343 e. The molecule has 4 aromatic carbocycles. The molecular weight excluding hydrogens is 657 g/mol. The molecule has 0 bridgehead atoms. The zero-order valence-corrected chi connectivity index (χ0v) is 26.0. The number of esters is 1. The Morgan fingerprint density at radius 2 is 1.74 bits per heavy atom. The van der Waals surface area contributed by atoms with Gasteiger partial charge >= 0.3 is 5.97 Å². The number of carbonyl (C=O) groups excluding carboxylic acids is 2. The summed E-state index contributed by atoms with van der Waals surface area (Å²) in [6.07, 6.45) is 1.46. The van der Waals surface area contributed by atoms with Gasteiger partial charge in [-0.05, 0) is 73.2 Å². The molecule has 0 aliphatic carbocycles.